The summed E-state index contributed by atoms with van der Waals surface area (Å²) in [6.07, 6.45) is 0. The van der Waals surface area contributed by atoms with Crippen LogP contribution in [0, 0.1) is 5.92 Å². The van der Waals surface area contributed by atoms with Crippen LogP contribution in [0.3, 0.4) is 0 Å². The van der Waals surface area contributed by atoms with Crippen molar-refractivity contribution in [3.05, 3.63) is 29.3 Å². The molecule has 7 heteroatoms. The molecular formula is C13H14ClN3O2S. The van der Waals surface area contributed by atoms with E-state index in [0.717, 1.165) is 10.6 Å². The van der Waals surface area contributed by atoms with E-state index in [-0.39, 0.29) is 0 Å². The Morgan fingerprint density at radius 3 is 2.80 bits per heavy atom. The van der Waals surface area contributed by atoms with Gasteiger partial charge in [-0.15, -0.1) is 10.2 Å². The van der Waals surface area contributed by atoms with Crippen LogP contribution in [0.5, 0.6) is 0 Å². The number of aliphatic carboxylic acids is 1. The molecule has 20 heavy (non-hydrogen) atoms. The van der Waals surface area contributed by atoms with Gasteiger partial charge in [-0.3, -0.25) is 4.79 Å². The highest BCUT2D eigenvalue weighted by Crippen LogP contribution is 2.32. The van der Waals surface area contributed by atoms with Crippen LogP contribution in [0.25, 0.3) is 10.6 Å². The first-order valence-corrected chi connectivity index (χ1v) is 7.21. The quantitative estimate of drug-likeness (QED) is 0.919. The van der Waals surface area contributed by atoms with Gasteiger partial charge in [-0.2, -0.15) is 0 Å². The number of aromatic nitrogens is 2. The third-order valence-corrected chi connectivity index (χ3v) is 4.21. The van der Waals surface area contributed by atoms with Crippen molar-refractivity contribution in [2.45, 2.75) is 6.92 Å². The van der Waals surface area contributed by atoms with Gasteiger partial charge in [0.05, 0.1) is 10.9 Å². The lowest BCUT2D eigenvalue weighted by molar-refractivity contribution is -0.140. The molecule has 0 saturated carbocycles. The average molecular weight is 312 g/mol. The Balaban J connectivity index is 2.17. The summed E-state index contributed by atoms with van der Waals surface area (Å²) >= 11 is 7.51. The lowest BCUT2D eigenvalue weighted by atomic mass is 10.2. The summed E-state index contributed by atoms with van der Waals surface area (Å²) in [6.45, 7) is 2.04. The number of hydrogen-bond acceptors (Lipinski definition) is 5. The molecular weight excluding hydrogens is 298 g/mol. The van der Waals surface area contributed by atoms with Crippen LogP contribution in [-0.4, -0.2) is 34.9 Å². The van der Waals surface area contributed by atoms with E-state index < -0.39 is 11.9 Å². The van der Waals surface area contributed by atoms with Gasteiger partial charge in [0.1, 0.15) is 0 Å². The second kappa shape index (κ2) is 6.19. The van der Waals surface area contributed by atoms with E-state index >= 15 is 0 Å². The monoisotopic (exact) mass is 311 g/mol. The summed E-state index contributed by atoms with van der Waals surface area (Å²) in [5.41, 5.74) is 0.831. The van der Waals surface area contributed by atoms with Gasteiger partial charge in [-0.25, -0.2) is 0 Å². The Kier molecular flexibility index (Phi) is 4.57. The van der Waals surface area contributed by atoms with E-state index in [9.17, 15) is 4.79 Å². The SMILES string of the molecule is CC(CN(C)c1nnc(-c2ccccc2Cl)s1)C(=O)O. The second-order valence-electron chi connectivity index (χ2n) is 4.49. The zero-order chi connectivity index (χ0) is 14.7. The van der Waals surface area contributed by atoms with Gasteiger partial charge < -0.3 is 10.0 Å². The van der Waals surface area contributed by atoms with Crippen molar-refractivity contribution < 1.29 is 9.90 Å². The van der Waals surface area contributed by atoms with Gasteiger partial charge in [-0.05, 0) is 6.07 Å². The molecule has 106 valence electrons. The first-order chi connectivity index (χ1) is 9.49. The second-order valence-corrected chi connectivity index (χ2v) is 5.85. The molecule has 2 aromatic rings. The molecule has 0 radical (unpaired) electrons. The summed E-state index contributed by atoms with van der Waals surface area (Å²) in [5.74, 6) is -1.29. The largest absolute Gasteiger partial charge is 0.481 e. The summed E-state index contributed by atoms with van der Waals surface area (Å²) in [5, 5.41) is 19.1. The average Bonchev–Trinajstić information content (AvgIpc) is 2.88. The van der Waals surface area contributed by atoms with Gasteiger partial charge in [0.25, 0.3) is 0 Å². The minimum absolute atomic E-state index is 0.381. The van der Waals surface area contributed by atoms with Crippen LogP contribution >= 0.6 is 22.9 Å². The van der Waals surface area contributed by atoms with Crippen LogP contribution < -0.4 is 4.90 Å². The lowest BCUT2D eigenvalue weighted by Crippen LogP contribution is -2.28. The molecule has 0 aliphatic rings. The molecule has 0 fully saturated rings. The van der Waals surface area contributed by atoms with Crippen molar-refractivity contribution in [1.82, 2.24) is 10.2 Å². The Morgan fingerprint density at radius 1 is 1.45 bits per heavy atom. The number of carboxylic acid groups (broad SMARTS) is 1. The minimum atomic E-state index is -0.826. The fourth-order valence-corrected chi connectivity index (χ4v) is 2.82. The zero-order valence-corrected chi connectivity index (χ0v) is 12.6. The van der Waals surface area contributed by atoms with Crippen molar-refractivity contribution >= 4 is 34.0 Å². The highest BCUT2D eigenvalue weighted by atomic mass is 35.5. The first kappa shape index (κ1) is 14.7. The summed E-state index contributed by atoms with van der Waals surface area (Å²) in [4.78, 5) is 12.6. The van der Waals surface area contributed by atoms with Crippen LogP contribution in [0.1, 0.15) is 6.92 Å². The Hall–Kier alpha value is -1.66. The minimum Gasteiger partial charge on any atom is -0.481 e. The van der Waals surface area contributed by atoms with Gasteiger partial charge in [0.2, 0.25) is 5.13 Å². The third-order valence-electron chi connectivity index (χ3n) is 2.81. The topological polar surface area (TPSA) is 66.3 Å². The van der Waals surface area contributed by atoms with Crippen LogP contribution in [0.2, 0.25) is 5.02 Å². The van der Waals surface area contributed by atoms with Crippen LogP contribution in [0.4, 0.5) is 5.13 Å². The van der Waals surface area contributed by atoms with Crippen molar-refractivity contribution in [2.75, 3.05) is 18.5 Å². The molecule has 1 aromatic carbocycles. The van der Waals surface area contributed by atoms with E-state index in [4.69, 9.17) is 16.7 Å². The maximum atomic E-state index is 10.9. The molecule has 0 amide bonds. The smallest absolute Gasteiger partial charge is 0.308 e. The molecule has 1 aromatic heterocycles. The number of hydrogen-bond donors (Lipinski definition) is 1. The van der Waals surface area contributed by atoms with E-state index in [1.165, 1.54) is 11.3 Å². The molecule has 0 aliphatic heterocycles. The highest BCUT2D eigenvalue weighted by molar-refractivity contribution is 7.18. The number of rotatable bonds is 5. The number of halogens is 1. The lowest BCUT2D eigenvalue weighted by Gasteiger charge is -2.17. The predicted octanol–water partition coefficient (Wildman–Crippen LogP) is 3.02. The molecule has 1 N–H and O–H groups in total. The third kappa shape index (κ3) is 3.26. The van der Waals surface area contributed by atoms with Gasteiger partial charge in [-0.1, -0.05) is 48.1 Å². The fraction of sp³-hybridized carbons (Fsp3) is 0.308. The van der Waals surface area contributed by atoms with Crippen molar-refractivity contribution in [1.29, 1.82) is 0 Å². The number of benzene rings is 1. The number of carbonyl (C=O) groups is 1. The molecule has 0 saturated heterocycles. The normalized spacial score (nSPS) is 12.2. The maximum Gasteiger partial charge on any atom is 0.308 e. The highest BCUT2D eigenvalue weighted by Gasteiger charge is 2.17. The number of nitrogens with zero attached hydrogens (tertiary/aromatic N) is 3. The van der Waals surface area contributed by atoms with Gasteiger partial charge >= 0.3 is 5.97 Å². The van der Waals surface area contributed by atoms with Crippen LogP contribution in [0.15, 0.2) is 24.3 Å². The summed E-state index contributed by atoms with van der Waals surface area (Å²) in [7, 11) is 1.80. The molecule has 2 rings (SSSR count). The molecule has 0 aliphatic carbocycles. The molecule has 5 nitrogen and oxygen atoms in total. The van der Waals surface area contributed by atoms with Crippen molar-refractivity contribution in [3.63, 3.8) is 0 Å². The zero-order valence-electron chi connectivity index (χ0n) is 11.1. The molecule has 1 unspecified atom stereocenters. The number of anilines is 1. The molecule has 0 bridgehead atoms. The van der Waals surface area contributed by atoms with Gasteiger partial charge in [0, 0.05) is 19.2 Å². The predicted molar refractivity (Wildman–Crippen MR) is 80.4 cm³/mol. The molecule has 1 atom stereocenters. The van der Waals surface area contributed by atoms with E-state index in [2.05, 4.69) is 10.2 Å². The number of carboxylic acids is 1. The van der Waals surface area contributed by atoms with Gasteiger partial charge in [0.15, 0.2) is 5.01 Å². The standard InChI is InChI=1S/C13H14ClN3O2S/c1-8(12(18)19)7-17(2)13-16-15-11(20-13)9-5-3-4-6-10(9)14/h3-6,8H,7H2,1-2H3,(H,18,19). The summed E-state index contributed by atoms with van der Waals surface area (Å²) < 4.78 is 0. The van der Waals surface area contributed by atoms with Crippen molar-refractivity contribution in [2.24, 2.45) is 5.92 Å². The Labute approximate surface area is 125 Å². The Bertz CT molecular complexity index is 617. The van der Waals surface area contributed by atoms with E-state index in [1.54, 1.807) is 24.9 Å². The summed E-state index contributed by atoms with van der Waals surface area (Å²) in [6, 6.07) is 7.42. The molecule has 0 spiro atoms. The maximum absolute atomic E-state index is 10.9. The van der Waals surface area contributed by atoms with E-state index in [1.807, 2.05) is 18.2 Å². The Morgan fingerprint density at radius 2 is 2.15 bits per heavy atom. The van der Waals surface area contributed by atoms with E-state index in [0.29, 0.717) is 16.7 Å². The molecule has 1 heterocycles. The van der Waals surface area contributed by atoms with Crippen molar-refractivity contribution in [3.8, 4) is 10.6 Å². The van der Waals surface area contributed by atoms with Crippen LogP contribution in [-0.2, 0) is 4.79 Å². The first-order valence-electron chi connectivity index (χ1n) is 6.01. The fourth-order valence-electron chi connectivity index (χ4n) is 1.68.